The van der Waals surface area contributed by atoms with Gasteiger partial charge in [0.2, 0.25) is 5.95 Å². The number of urea groups is 1. The standard InChI is InChI=1S/C32H41N9O4/c1-5-37(6-2)30-34-21-26(40(8-4)31(44)38-18-9-10-19-38)27(36-30)35-24(29(42)43)20-22-13-15-23(16-14-22)41-28-25(12-11-17-33-28)39(7-3)32(41)45/h11-17,21,24H,5-10,18-20H2,1-4H3,(H,42,43)(H,34,35,36)/t24-/m0/s1. The highest BCUT2D eigenvalue weighted by atomic mass is 16.4. The predicted octanol–water partition coefficient (Wildman–Crippen LogP) is 3.99. The summed E-state index contributed by atoms with van der Waals surface area (Å²) in [6, 6.07) is 9.69. The summed E-state index contributed by atoms with van der Waals surface area (Å²) >= 11 is 0. The molecule has 238 valence electrons. The Bertz CT molecular complexity index is 1710. The zero-order valence-electron chi connectivity index (χ0n) is 26.3. The van der Waals surface area contributed by atoms with Crippen LogP contribution < -0.4 is 20.8 Å². The number of carbonyl (C=O) groups is 2. The molecule has 13 nitrogen and oxygen atoms in total. The Morgan fingerprint density at radius 3 is 2.33 bits per heavy atom. The van der Waals surface area contributed by atoms with Gasteiger partial charge >= 0.3 is 17.7 Å². The molecule has 1 atom stereocenters. The van der Waals surface area contributed by atoms with E-state index < -0.39 is 12.0 Å². The van der Waals surface area contributed by atoms with Crippen molar-refractivity contribution in [2.45, 2.75) is 59.5 Å². The molecule has 2 amide bonds. The van der Waals surface area contributed by atoms with Gasteiger partial charge in [0.1, 0.15) is 11.7 Å². The van der Waals surface area contributed by atoms with E-state index in [9.17, 15) is 19.5 Å². The average Bonchev–Trinajstić information content (AvgIpc) is 3.69. The average molecular weight is 616 g/mol. The van der Waals surface area contributed by atoms with Gasteiger partial charge in [-0.3, -0.25) is 9.47 Å². The summed E-state index contributed by atoms with van der Waals surface area (Å²) in [7, 11) is 0. The minimum atomic E-state index is -1.06. The molecule has 45 heavy (non-hydrogen) atoms. The Kier molecular flexibility index (Phi) is 9.65. The fourth-order valence-electron chi connectivity index (χ4n) is 5.82. The molecule has 0 saturated carbocycles. The number of nitrogens with zero attached hydrogens (tertiary/aromatic N) is 8. The van der Waals surface area contributed by atoms with Crippen LogP contribution in [0.4, 0.5) is 22.2 Å². The van der Waals surface area contributed by atoms with E-state index in [-0.39, 0.29) is 24.0 Å². The van der Waals surface area contributed by atoms with Crippen molar-refractivity contribution in [1.29, 1.82) is 0 Å². The van der Waals surface area contributed by atoms with Crippen molar-refractivity contribution >= 4 is 40.6 Å². The smallest absolute Gasteiger partial charge is 0.334 e. The number of carbonyl (C=O) groups excluding carboxylic acids is 1. The first kappa shape index (κ1) is 31.5. The number of rotatable bonds is 12. The molecule has 0 spiro atoms. The van der Waals surface area contributed by atoms with Crippen LogP contribution in [-0.2, 0) is 17.8 Å². The SMILES string of the molecule is CCN(CC)c1ncc(N(CC)C(=O)N2CCCC2)c(N[C@@H](Cc2ccc(-n3c(=O)n(CC)c4cccnc43)cc2)C(=O)O)n1. The quantitative estimate of drug-likeness (QED) is 0.242. The highest BCUT2D eigenvalue weighted by molar-refractivity contribution is 5.95. The molecule has 0 radical (unpaired) electrons. The van der Waals surface area contributed by atoms with E-state index in [1.165, 1.54) is 0 Å². The maximum absolute atomic E-state index is 13.5. The second kappa shape index (κ2) is 13.8. The largest absolute Gasteiger partial charge is 0.480 e. The minimum Gasteiger partial charge on any atom is -0.480 e. The normalized spacial score (nSPS) is 13.6. The number of hydrogen-bond acceptors (Lipinski definition) is 8. The van der Waals surface area contributed by atoms with Crippen LogP contribution in [0.5, 0.6) is 0 Å². The van der Waals surface area contributed by atoms with E-state index in [4.69, 9.17) is 4.98 Å². The van der Waals surface area contributed by atoms with Gasteiger partial charge in [0, 0.05) is 51.9 Å². The van der Waals surface area contributed by atoms with Gasteiger partial charge in [-0.1, -0.05) is 12.1 Å². The molecule has 1 aliphatic heterocycles. The fraction of sp³-hybridized carbons (Fsp3) is 0.438. The van der Waals surface area contributed by atoms with Crippen LogP contribution in [0, 0.1) is 0 Å². The summed E-state index contributed by atoms with van der Waals surface area (Å²) in [6.07, 6.45) is 5.30. The number of aliphatic carboxylic acids is 1. The maximum Gasteiger partial charge on any atom is 0.334 e. The molecule has 0 bridgehead atoms. The van der Waals surface area contributed by atoms with Gasteiger partial charge in [-0.05, 0) is 70.4 Å². The van der Waals surface area contributed by atoms with Crippen molar-refractivity contribution in [1.82, 2.24) is 29.0 Å². The van der Waals surface area contributed by atoms with Gasteiger partial charge in [-0.15, -0.1) is 0 Å². The number of carboxylic acid groups (broad SMARTS) is 1. The summed E-state index contributed by atoms with van der Waals surface area (Å²) < 4.78 is 3.23. The number of imidazole rings is 1. The number of benzene rings is 1. The number of hydrogen-bond donors (Lipinski definition) is 2. The number of aromatic nitrogens is 5. The van der Waals surface area contributed by atoms with E-state index in [1.54, 1.807) is 49.5 Å². The number of anilines is 3. The first-order valence-electron chi connectivity index (χ1n) is 15.6. The van der Waals surface area contributed by atoms with E-state index in [1.807, 2.05) is 50.8 Å². The fourth-order valence-corrected chi connectivity index (χ4v) is 5.82. The lowest BCUT2D eigenvalue weighted by molar-refractivity contribution is -0.137. The lowest BCUT2D eigenvalue weighted by Gasteiger charge is -2.29. The Morgan fingerprint density at radius 1 is 1.00 bits per heavy atom. The van der Waals surface area contributed by atoms with Crippen molar-refractivity contribution < 1.29 is 14.7 Å². The molecule has 2 N–H and O–H groups in total. The third-order valence-electron chi connectivity index (χ3n) is 8.27. The van der Waals surface area contributed by atoms with Crippen LogP contribution in [-0.4, -0.2) is 84.9 Å². The summed E-state index contributed by atoms with van der Waals surface area (Å²) in [4.78, 5) is 58.3. The summed E-state index contributed by atoms with van der Waals surface area (Å²) in [5.74, 6) is -0.321. The van der Waals surface area contributed by atoms with Crippen molar-refractivity contribution in [3.8, 4) is 5.69 Å². The molecule has 4 heterocycles. The van der Waals surface area contributed by atoms with Crippen LogP contribution in [0.3, 0.4) is 0 Å². The number of aryl methyl sites for hydroxylation is 1. The van der Waals surface area contributed by atoms with Gasteiger partial charge in [0.05, 0.1) is 17.4 Å². The van der Waals surface area contributed by atoms with E-state index >= 15 is 0 Å². The van der Waals surface area contributed by atoms with Gasteiger partial charge in [-0.2, -0.15) is 4.98 Å². The Hall–Kier alpha value is -4.94. The van der Waals surface area contributed by atoms with Crippen LogP contribution in [0.2, 0.25) is 0 Å². The third-order valence-corrected chi connectivity index (χ3v) is 8.27. The molecule has 1 aromatic carbocycles. The number of likely N-dealkylation sites (tertiary alicyclic amines) is 1. The molecule has 13 heteroatoms. The van der Waals surface area contributed by atoms with Crippen LogP contribution in [0.1, 0.15) is 46.1 Å². The topological polar surface area (TPSA) is 142 Å². The van der Waals surface area contributed by atoms with Crippen LogP contribution in [0.25, 0.3) is 16.9 Å². The lowest BCUT2D eigenvalue weighted by atomic mass is 10.1. The molecule has 0 aliphatic carbocycles. The monoisotopic (exact) mass is 615 g/mol. The third kappa shape index (κ3) is 6.33. The highest BCUT2D eigenvalue weighted by Gasteiger charge is 2.29. The summed E-state index contributed by atoms with van der Waals surface area (Å²) in [6.45, 7) is 11.4. The molecular weight excluding hydrogens is 574 g/mol. The maximum atomic E-state index is 13.5. The minimum absolute atomic E-state index is 0.135. The highest BCUT2D eigenvalue weighted by Crippen LogP contribution is 2.29. The van der Waals surface area contributed by atoms with Crippen molar-refractivity contribution in [2.24, 2.45) is 0 Å². The van der Waals surface area contributed by atoms with E-state index in [2.05, 4.69) is 15.3 Å². The first-order chi connectivity index (χ1) is 21.8. The first-order valence-corrected chi connectivity index (χ1v) is 15.6. The van der Waals surface area contributed by atoms with E-state index in [0.29, 0.717) is 62.2 Å². The van der Waals surface area contributed by atoms with Crippen molar-refractivity contribution in [2.75, 3.05) is 47.8 Å². The molecule has 1 fully saturated rings. The number of pyridine rings is 1. The zero-order chi connectivity index (χ0) is 32.1. The van der Waals surface area contributed by atoms with E-state index in [0.717, 1.165) is 23.9 Å². The zero-order valence-corrected chi connectivity index (χ0v) is 26.3. The number of carboxylic acids is 1. The number of amides is 2. The summed E-state index contributed by atoms with van der Waals surface area (Å²) in [5, 5.41) is 13.4. The van der Waals surface area contributed by atoms with Crippen molar-refractivity contribution in [3.05, 3.63) is 64.8 Å². The Labute approximate surface area is 262 Å². The molecule has 4 aromatic rings. The Balaban J connectivity index is 1.45. The van der Waals surface area contributed by atoms with Crippen LogP contribution >= 0.6 is 0 Å². The lowest BCUT2D eigenvalue weighted by Crippen LogP contribution is -2.43. The van der Waals surface area contributed by atoms with Gasteiger partial charge in [0.15, 0.2) is 11.5 Å². The van der Waals surface area contributed by atoms with Crippen molar-refractivity contribution in [3.63, 3.8) is 0 Å². The molecule has 1 aliphatic rings. The second-order valence-corrected chi connectivity index (χ2v) is 10.9. The van der Waals surface area contributed by atoms with Gasteiger partial charge in [-0.25, -0.2) is 28.9 Å². The van der Waals surface area contributed by atoms with Gasteiger partial charge < -0.3 is 20.2 Å². The molecule has 0 unspecified atom stereocenters. The number of nitrogens with one attached hydrogen (secondary N) is 1. The molecule has 3 aromatic heterocycles. The Morgan fingerprint density at radius 2 is 1.71 bits per heavy atom. The van der Waals surface area contributed by atoms with Crippen LogP contribution in [0.15, 0.2) is 53.6 Å². The molecule has 5 rings (SSSR count). The number of fused-ring (bicyclic) bond motifs is 1. The summed E-state index contributed by atoms with van der Waals surface area (Å²) in [5.41, 5.74) is 2.95. The molecular formula is C32H41N9O4. The molecule has 1 saturated heterocycles. The predicted molar refractivity (Wildman–Crippen MR) is 175 cm³/mol. The second-order valence-electron chi connectivity index (χ2n) is 10.9. The van der Waals surface area contributed by atoms with Gasteiger partial charge in [0.25, 0.3) is 0 Å².